The second-order valence-electron chi connectivity index (χ2n) is 6.64. The van der Waals surface area contributed by atoms with Crippen molar-refractivity contribution in [1.82, 2.24) is 4.98 Å². The molecule has 0 saturated carbocycles. The number of hydrogen-bond donors (Lipinski definition) is 1. The van der Waals surface area contributed by atoms with Crippen LogP contribution in [0.2, 0.25) is 0 Å². The Morgan fingerprint density at radius 1 is 1.30 bits per heavy atom. The third-order valence-electron chi connectivity index (χ3n) is 4.48. The highest BCUT2D eigenvalue weighted by atomic mass is 16.5. The first-order valence-electron chi connectivity index (χ1n) is 7.52. The van der Waals surface area contributed by atoms with E-state index >= 15 is 0 Å². The van der Waals surface area contributed by atoms with E-state index in [1.807, 2.05) is 0 Å². The van der Waals surface area contributed by atoms with Gasteiger partial charge in [-0.3, -0.25) is 0 Å². The molecule has 1 atom stereocenters. The van der Waals surface area contributed by atoms with Crippen LogP contribution in [0.15, 0.2) is 12.1 Å². The summed E-state index contributed by atoms with van der Waals surface area (Å²) >= 11 is 0. The Labute approximate surface area is 119 Å². The number of morpholine rings is 1. The molecule has 3 aliphatic heterocycles. The summed E-state index contributed by atoms with van der Waals surface area (Å²) in [4.78, 5) is 9.63. The molecule has 0 spiro atoms. The molecule has 0 unspecified atom stereocenters. The fourth-order valence-electron chi connectivity index (χ4n) is 3.48. The molecule has 1 aromatic rings. The summed E-state index contributed by atoms with van der Waals surface area (Å²) < 4.78 is 5.78. The van der Waals surface area contributed by atoms with Crippen LogP contribution in [0.4, 0.5) is 17.3 Å². The molecule has 2 bridgehead atoms. The highest BCUT2D eigenvalue weighted by molar-refractivity contribution is 5.72. The number of hydrogen-bond acceptors (Lipinski definition) is 5. The molecule has 0 aliphatic carbocycles. The molecule has 0 aromatic carbocycles. The SMILES string of the molecule is CC1(C)CN(c2ccc3c(n2)N[C@H]2CCN3C2)CCO1. The molecule has 4 rings (SSSR count). The normalized spacial score (nSPS) is 27.2. The van der Waals surface area contributed by atoms with Gasteiger partial charge in [0.2, 0.25) is 0 Å². The average Bonchev–Trinajstić information content (AvgIpc) is 2.80. The maximum absolute atomic E-state index is 5.78. The van der Waals surface area contributed by atoms with Crippen molar-refractivity contribution < 1.29 is 4.74 Å². The van der Waals surface area contributed by atoms with Crippen molar-refractivity contribution in [3.63, 3.8) is 0 Å². The average molecular weight is 274 g/mol. The summed E-state index contributed by atoms with van der Waals surface area (Å²) in [5.74, 6) is 2.12. The Bertz CT molecular complexity index is 531. The van der Waals surface area contributed by atoms with E-state index in [1.54, 1.807) is 0 Å². The van der Waals surface area contributed by atoms with E-state index in [2.05, 4.69) is 41.1 Å². The van der Waals surface area contributed by atoms with Crippen LogP contribution < -0.4 is 15.1 Å². The molecule has 20 heavy (non-hydrogen) atoms. The van der Waals surface area contributed by atoms with Crippen LogP contribution in [-0.4, -0.2) is 49.4 Å². The number of pyridine rings is 1. The standard InChI is InChI=1S/C15H22N4O/c1-15(2)10-19(7-8-20-15)13-4-3-12-14(17-13)16-11-5-6-18(12)9-11/h3-4,11H,5-10H2,1-2H3,(H,16,17)/t11-/m0/s1. The second-order valence-corrected chi connectivity index (χ2v) is 6.64. The predicted octanol–water partition coefficient (Wildman–Crippen LogP) is 1.70. The minimum Gasteiger partial charge on any atom is -0.372 e. The first-order valence-corrected chi connectivity index (χ1v) is 7.52. The van der Waals surface area contributed by atoms with Crippen molar-refractivity contribution in [2.45, 2.75) is 31.9 Å². The van der Waals surface area contributed by atoms with Gasteiger partial charge in [0.25, 0.3) is 0 Å². The van der Waals surface area contributed by atoms with Gasteiger partial charge >= 0.3 is 0 Å². The molecule has 2 fully saturated rings. The summed E-state index contributed by atoms with van der Waals surface area (Å²) in [7, 11) is 0. The first-order chi connectivity index (χ1) is 9.61. The Balaban J connectivity index is 1.63. The van der Waals surface area contributed by atoms with Gasteiger partial charge in [0, 0.05) is 32.2 Å². The summed E-state index contributed by atoms with van der Waals surface area (Å²) in [6, 6.07) is 4.95. The van der Waals surface area contributed by atoms with Crippen LogP contribution in [0.1, 0.15) is 20.3 Å². The van der Waals surface area contributed by atoms with Gasteiger partial charge in [0.15, 0.2) is 5.82 Å². The zero-order valence-corrected chi connectivity index (χ0v) is 12.2. The van der Waals surface area contributed by atoms with Crippen molar-refractivity contribution in [3.05, 3.63) is 12.1 Å². The lowest BCUT2D eigenvalue weighted by molar-refractivity contribution is -0.0279. The van der Waals surface area contributed by atoms with Crippen LogP contribution >= 0.6 is 0 Å². The van der Waals surface area contributed by atoms with E-state index < -0.39 is 0 Å². The molecule has 1 aromatic heterocycles. The summed E-state index contributed by atoms with van der Waals surface area (Å²) in [6.07, 6.45) is 1.22. The maximum Gasteiger partial charge on any atom is 0.152 e. The van der Waals surface area contributed by atoms with Gasteiger partial charge in [0.1, 0.15) is 5.82 Å². The molecule has 5 heteroatoms. The number of anilines is 3. The summed E-state index contributed by atoms with van der Waals surface area (Å²) in [5, 5.41) is 3.58. The van der Waals surface area contributed by atoms with Gasteiger partial charge in [-0.1, -0.05) is 0 Å². The van der Waals surface area contributed by atoms with E-state index in [9.17, 15) is 0 Å². The molecule has 4 heterocycles. The Kier molecular flexibility index (Phi) is 2.61. The van der Waals surface area contributed by atoms with Crippen LogP contribution in [0.3, 0.4) is 0 Å². The molecular weight excluding hydrogens is 252 g/mol. The van der Waals surface area contributed by atoms with Gasteiger partial charge in [-0.05, 0) is 32.4 Å². The Morgan fingerprint density at radius 2 is 2.20 bits per heavy atom. The Hall–Kier alpha value is -1.49. The maximum atomic E-state index is 5.78. The van der Waals surface area contributed by atoms with E-state index in [4.69, 9.17) is 9.72 Å². The quantitative estimate of drug-likeness (QED) is 0.844. The van der Waals surface area contributed by atoms with E-state index in [0.717, 1.165) is 44.4 Å². The molecule has 3 aliphatic rings. The van der Waals surface area contributed by atoms with Crippen LogP contribution in [0, 0.1) is 0 Å². The van der Waals surface area contributed by atoms with Crippen LogP contribution in [0.5, 0.6) is 0 Å². The largest absolute Gasteiger partial charge is 0.372 e. The highest BCUT2D eigenvalue weighted by Crippen LogP contribution is 2.36. The smallest absolute Gasteiger partial charge is 0.152 e. The third-order valence-corrected chi connectivity index (χ3v) is 4.48. The summed E-state index contributed by atoms with van der Waals surface area (Å²) in [6.45, 7) is 9.14. The predicted molar refractivity (Wildman–Crippen MR) is 80.7 cm³/mol. The zero-order chi connectivity index (χ0) is 13.7. The van der Waals surface area contributed by atoms with E-state index in [1.165, 1.54) is 12.1 Å². The number of nitrogens with zero attached hydrogens (tertiary/aromatic N) is 3. The number of rotatable bonds is 1. The van der Waals surface area contributed by atoms with Gasteiger partial charge < -0.3 is 19.9 Å². The minimum atomic E-state index is -0.0915. The van der Waals surface area contributed by atoms with Crippen molar-refractivity contribution in [2.75, 3.05) is 47.9 Å². The first kappa shape index (κ1) is 12.3. The second kappa shape index (κ2) is 4.25. The van der Waals surface area contributed by atoms with Crippen LogP contribution in [0.25, 0.3) is 0 Å². The number of aromatic nitrogens is 1. The summed E-state index contributed by atoms with van der Waals surface area (Å²) in [5.41, 5.74) is 1.17. The van der Waals surface area contributed by atoms with Crippen molar-refractivity contribution in [3.8, 4) is 0 Å². The molecule has 1 N–H and O–H groups in total. The number of ether oxygens (including phenoxy) is 1. The van der Waals surface area contributed by atoms with Gasteiger partial charge in [-0.25, -0.2) is 4.98 Å². The third kappa shape index (κ3) is 2.00. The lowest BCUT2D eigenvalue weighted by Crippen LogP contribution is -2.48. The topological polar surface area (TPSA) is 40.6 Å². The minimum absolute atomic E-state index is 0.0915. The van der Waals surface area contributed by atoms with Crippen LogP contribution in [-0.2, 0) is 4.74 Å². The molecule has 0 radical (unpaired) electrons. The van der Waals surface area contributed by atoms with Gasteiger partial charge in [0.05, 0.1) is 17.9 Å². The Morgan fingerprint density at radius 3 is 3.05 bits per heavy atom. The monoisotopic (exact) mass is 274 g/mol. The van der Waals surface area contributed by atoms with E-state index in [-0.39, 0.29) is 5.60 Å². The van der Waals surface area contributed by atoms with Gasteiger partial charge in [-0.2, -0.15) is 0 Å². The fraction of sp³-hybridized carbons (Fsp3) is 0.667. The molecular formula is C15H22N4O. The van der Waals surface area contributed by atoms with Gasteiger partial charge in [-0.15, -0.1) is 0 Å². The number of nitrogens with one attached hydrogen (secondary N) is 1. The number of fused-ring (bicyclic) bond motifs is 4. The molecule has 5 nitrogen and oxygen atoms in total. The highest BCUT2D eigenvalue weighted by Gasteiger charge is 2.32. The van der Waals surface area contributed by atoms with Crippen molar-refractivity contribution in [2.24, 2.45) is 0 Å². The van der Waals surface area contributed by atoms with Crippen molar-refractivity contribution >= 4 is 17.3 Å². The van der Waals surface area contributed by atoms with E-state index in [0.29, 0.717) is 6.04 Å². The molecule has 108 valence electrons. The molecule has 0 amide bonds. The lowest BCUT2D eigenvalue weighted by Gasteiger charge is -2.39. The molecule has 2 saturated heterocycles. The zero-order valence-electron chi connectivity index (χ0n) is 12.2. The fourth-order valence-corrected chi connectivity index (χ4v) is 3.48. The van der Waals surface area contributed by atoms with Crippen molar-refractivity contribution in [1.29, 1.82) is 0 Å². The lowest BCUT2D eigenvalue weighted by atomic mass is 10.1.